The van der Waals surface area contributed by atoms with Crippen LogP contribution in [0.25, 0.3) is 0 Å². The third kappa shape index (κ3) is 2.10. The van der Waals surface area contributed by atoms with E-state index in [4.69, 9.17) is 5.73 Å². The average Bonchev–Trinajstić information content (AvgIpc) is 2.76. The van der Waals surface area contributed by atoms with Crippen LogP contribution in [-0.4, -0.2) is 6.04 Å². The van der Waals surface area contributed by atoms with Crippen molar-refractivity contribution in [3.63, 3.8) is 0 Å². The molecule has 0 spiro atoms. The summed E-state index contributed by atoms with van der Waals surface area (Å²) < 4.78 is 25.6. The first-order chi connectivity index (χ1) is 7.40. The smallest absolute Gasteiger partial charge is 0.265 e. The van der Waals surface area contributed by atoms with Crippen LogP contribution in [0.15, 0.2) is 18.2 Å². The van der Waals surface area contributed by atoms with Crippen LogP contribution in [0, 0.1) is 5.41 Å². The number of nitrogen functional groups attached to an aromatic ring is 1. The topological polar surface area (TPSA) is 38.0 Å². The molecule has 0 aromatic heterocycles. The Morgan fingerprint density at radius 1 is 1.44 bits per heavy atom. The first-order valence-corrected chi connectivity index (χ1v) is 5.34. The van der Waals surface area contributed by atoms with Gasteiger partial charge in [-0.1, -0.05) is 13.8 Å². The maximum Gasteiger partial charge on any atom is 0.265 e. The van der Waals surface area contributed by atoms with Gasteiger partial charge in [0.2, 0.25) is 0 Å². The SMILES string of the molecule is CC1(C)CC1Nc1ccc(N)cc1C(F)F. The van der Waals surface area contributed by atoms with Crippen LogP contribution in [-0.2, 0) is 0 Å². The summed E-state index contributed by atoms with van der Waals surface area (Å²) in [6.45, 7) is 4.23. The molecule has 0 radical (unpaired) electrons. The normalized spacial score (nSPS) is 22.2. The highest BCUT2D eigenvalue weighted by molar-refractivity contribution is 5.59. The van der Waals surface area contributed by atoms with Crippen LogP contribution in [0.3, 0.4) is 0 Å². The summed E-state index contributed by atoms with van der Waals surface area (Å²) >= 11 is 0. The standard InChI is InChI=1S/C12H16F2N2/c1-12(2)6-10(12)16-9-4-3-7(15)5-8(9)11(13)14/h3-5,10-11,16H,6,15H2,1-2H3. The number of alkyl halides is 2. The molecule has 2 nitrogen and oxygen atoms in total. The zero-order valence-electron chi connectivity index (χ0n) is 9.43. The van der Waals surface area contributed by atoms with Gasteiger partial charge in [0.25, 0.3) is 6.43 Å². The Morgan fingerprint density at radius 3 is 2.56 bits per heavy atom. The van der Waals surface area contributed by atoms with E-state index in [1.54, 1.807) is 12.1 Å². The first-order valence-electron chi connectivity index (χ1n) is 5.34. The van der Waals surface area contributed by atoms with E-state index in [1.165, 1.54) is 6.07 Å². The van der Waals surface area contributed by atoms with Crippen LogP contribution < -0.4 is 11.1 Å². The van der Waals surface area contributed by atoms with E-state index in [0.717, 1.165) is 6.42 Å². The molecule has 4 heteroatoms. The summed E-state index contributed by atoms with van der Waals surface area (Å²) in [4.78, 5) is 0. The van der Waals surface area contributed by atoms with E-state index < -0.39 is 6.43 Å². The van der Waals surface area contributed by atoms with E-state index in [0.29, 0.717) is 11.4 Å². The third-order valence-corrected chi connectivity index (χ3v) is 3.15. The Morgan fingerprint density at radius 2 is 2.06 bits per heavy atom. The lowest BCUT2D eigenvalue weighted by molar-refractivity contribution is 0.152. The quantitative estimate of drug-likeness (QED) is 0.775. The summed E-state index contributed by atoms with van der Waals surface area (Å²) in [6.07, 6.45) is -1.48. The van der Waals surface area contributed by atoms with Crippen LogP contribution in [0.5, 0.6) is 0 Å². The van der Waals surface area contributed by atoms with Gasteiger partial charge in [-0.15, -0.1) is 0 Å². The highest BCUT2D eigenvalue weighted by Gasteiger charge is 2.45. The zero-order valence-corrected chi connectivity index (χ0v) is 9.43. The fraction of sp³-hybridized carbons (Fsp3) is 0.500. The van der Waals surface area contributed by atoms with Crippen LogP contribution in [0.4, 0.5) is 20.2 Å². The number of rotatable bonds is 3. The van der Waals surface area contributed by atoms with E-state index in [2.05, 4.69) is 19.2 Å². The monoisotopic (exact) mass is 226 g/mol. The Balaban J connectivity index is 2.20. The van der Waals surface area contributed by atoms with Crippen LogP contribution >= 0.6 is 0 Å². The molecule has 0 amide bonds. The molecule has 1 fully saturated rings. The summed E-state index contributed by atoms with van der Waals surface area (Å²) in [6, 6.07) is 4.89. The second kappa shape index (κ2) is 3.61. The average molecular weight is 226 g/mol. The van der Waals surface area contributed by atoms with Crippen LogP contribution in [0.1, 0.15) is 32.3 Å². The number of benzene rings is 1. The molecule has 1 aromatic rings. The van der Waals surface area contributed by atoms with E-state index in [9.17, 15) is 8.78 Å². The van der Waals surface area contributed by atoms with Gasteiger partial charge in [0.1, 0.15) is 0 Å². The number of hydrogen-bond acceptors (Lipinski definition) is 2. The van der Waals surface area contributed by atoms with Crippen molar-refractivity contribution in [2.75, 3.05) is 11.1 Å². The van der Waals surface area contributed by atoms with Crippen molar-refractivity contribution in [2.45, 2.75) is 32.7 Å². The second-order valence-corrected chi connectivity index (χ2v) is 5.04. The number of halogens is 2. The number of nitrogens with one attached hydrogen (secondary N) is 1. The number of nitrogens with two attached hydrogens (primary N) is 1. The van der Waals surface area contributed by atoms with Crippen molar-refractivity contribution in [1.82, 2.24) is 0 Å². The minimum atomic E-state index is -2.49. The maximum atomic E-state index is 12.8. The molecule has 16 heavy (non-hydrogen) atoms. The van der Waals surface area contributed by atoms with Gasteiger partial charge in [-0.05, 0) is 30.0 Å². The van der Waals surface area contributed by atoms with E-state index in [-0.39, 0.29) is 17.0 Å². The van der Waals surface area contributed by atoms with E-state index in [1.807, 2.05) is 0 Å². The zero-order chi connectivity index (χ0) is 11.9. The molecule has 0 bridgehead atoms. The van der Waals surface area contributed by atoms with E-state index >= 15 is 0 Å². The van der Waals surface area contributed by atoms with Gasteiger partial charge >= 0.3 is 0 Å². The molecule has 1 saturated carbocycles. The molecule has 0 saturated heterocycles. The molecule has 0 heterocycles. The lowest BCUT2D eigenvalue weighted by atomic mass is 10.1. The number of hydrogen-bond donors (Lipinski definition) is 2. The second-order valence-electron chi connectivity index (χ2n) is 5.04. The van der Waals surface area contributed by atoms with Crippen molar-refractivity contribution < 1.29 is 8.78 Å². The Hall–Kier alpha value is -1.32. The maximum absolute atomic E-state index is 12.8. The van der Waals surface area contributed by atoms with Crippen molar-refractivity contribution in [1.29, 1.82) is 0 Å². The minimum absolute atomic E-state index is 0.0114. The highest BCUT2D eigenvalue weighted by atomic mass is 19.3. The molecule has 1 atom stereocenters. The van der Waals surface area contributed by atoms with Crippen molar-refractivity contribution in [3.05, 3.63) is 23.8 Å². The molecule has 1 unspecified atom stereocenters. The Bertz CT molecular complexity index is 402. The fourth-order valence-electron chi connectivity index (χ4n) is 1.79. The van der Waals surface area contributed by atoms with Crippen LogP contribution in [0.2, 0.25) is 0 Å². The summed E-state index contributed by atoms with van der Waals surface area (Å²) in [7, 11) is 0. The lowest BCUT2D eigenvalue weighted by Crippen LogP contribution is -2.10. The van der Waals surface area contributed by atoms with Gasteiger partial charge in [-0.3, -0.25) is 0 Å². The minimum Gasteiger partial charge on any atom is -0.399 e. The first kappa shape index (κ1) is 11.2. The fourth-order valence-corrected chi connectivity index (χ4v) is 1.79. The molecule has 3 N–H and O–H groups in total. The molecular formula is C12H16F2N2. The molecule has 1 aliphatic carbocycles. The molecule has 2 rings (SSSR count). The predicted octanol–water partition coefficient (Wildman–Crippen LogP) is 3.42. The van der Waals surface area contributed by atoms with Crippen molar-refractivity contribution >= 4 is 11.4 Å². The molecule has 1 aromatic carbocycles. The largest absolute Gasteiger partial charge is 0.399 e. The summed E-state index contributed by atoms with van der Waals surface area (Å²) in [5.41, 5.74) is 6.57. The molecule has 0 aliphatic heterocycles. The van der Waals surface area contributed by atoms with Crippen molar-refractivity contribution in [2.24, 2.45) is 5.41 Å². The number of anilines is 2. The molecule has 88 valence electrons. The van der Waals surface area contributed by atoms with Gasteiger partial charge in [-0.25, -0.2) is 8.78 Å². The lowest BCUT2D eigenvalue weighted by Gasteiger charge is -2.13. The Kier molecular flexibility index (Phi) is 2.52. The summed E-state index contributed by atoms with van der Waals surface area (Å²) in [5, 5.41) is 3.15. The Labute approximate surface area is 93.8 Å². The van der Waals surface area contributed by atoms with Gasteiger partial charge in [0.15, 0.2) is 0 Å². The van der Waals surface area contributed by atoms with Gasteiger partial charge < -0.3 is 11.1 Å². The van der Waals surface area contributed by atoms with Gasteiger partial charge in [0, 0.05) is 23.0 Å². The van der Waals surface area contributed by atoms with Gasteiger partial charge in [-0.2, -0.15) is 0 Å². The van der Waals surface area contributed by atoms with Gasteiger partial charge in [0.05, 0.1) is 0 Å². The summed E-state index contributed by atoms with van der Waals surface area (Å²) in [5.74, 6) is 0. The highest BCUT2D eigenvalue weighted by Crippen LogP contribution is 2.47. The molecule has 1 aliphatic rings. The third-order valence-electron chi connectivity index (χ3n) is 3.15. The molecular weight excluding hydrogens is 210 g/mol. The predicted molar refractivity (Wildman–Crippen MR) is 61.6 cm³/mol. The van der Waals surface area contributed by atoms with Crippen molar-refractivity contribution in [3.8, 4) is 0 Å².